The van der Waals surface area contributed by atoms with Crippen LogP contribution in [0.25, 0.3) is 22.3 Å². The molecule has 3 fully saturated rings. The zero-order chi connectivity index (χ0) is 30.6. The minimum absolute atomic E-state index is 0.0156. The maximum absolute atomic E-state index is 15.6. The number of benzene rings is 3. The minimum Gasteiger partial charge on any atom is -0.478 e. The highest BCUT2D eigenvalue weighted by molar-refractivity contribution is 5.92. The summed E-state index contributed by atoms with van der Waals surface area (Å²) in [5.41, 5.74) is 2.30. The average Bonchev–Trinajstić information content (AvgIpc) is 3.68. The van der Waals surface area contributed by atoms with Gasteiger partial charge in [0.15, 0.2) is 0 Å². The van der Waals surface area contributed by atoms with Gasteiger partial charge in [-0.05, 0) is 79.3 Å². The Morgan fingerprint density at radius 3 is 2.57 bits per heavy atom. The lowest BCUT2D eigenvalue weighted by molar-refractivity contribution is -0.0132. The number of carbonyl (C=O) groups is 1. The predicted octanol–water partition coefficient (Wildman–Crippen LogP) is 6.87. The Bertz CT molecular complexity index is 1930. The van der Waals surface area contributed by atoms with E-state index < -0.39 is 23.4 Å². The van der Waals surface area contributed by atoms with Gasteiger partial charge in [-0.3, -0.25) is 0 Å². The molecule has 1 N–H and O–H groups in total. The quantitative estimate of drug-likeness (QED) is 0.199. The summed E-state index contributed by atoms with van der Waals surface area (Å²) in [6.07, 6.45) is 1.79. The number of hydrogen-bond acceptors (Lipinski definition) is 5. The van der Waals surface area contributed by atoms with Crippen LogP contribution in [0.2, 0.25) is 0 Å². The molecular weight excluding hydrogens is 571 g/mol. The molecule has 0 amide bonds. The van der Waals surface area contributed by atoms with Crippen LogP contribution in [0.15, 0.2) is 66.7 Å². The Kier molecular flexibility index (Phi) is 6.88. The largest absolute Gasteiger partial charge is 0.478 e. The number of hydrogen-bond donors (Lipinski definition) is 1. The Hall–Kier alpha value is -4.70. The van der Waals surface area contributed by atoms with Crippen LogP contribution < -0.4 is 4.74 Å². The van der Waals surface area contributed by atoms with Crippen molar-refractivity contribution < 1.29 is 32.5 Å². The van der Waals surface area contributed by atoms with Crippen molar-refractivity contribution in [1.29, 1.82) is 0 Å². The van der Waals surface area contributed by atoms with Gasteiger partial charge in [0, 0.05) is 23.6 Å². The van der Waals surface area contributed by atoms with E-state index in [2.05, 4.69) is 9.97 Å². The van der Waals surface area contributed by atoms with Gasteiger partial charge in [-0.1, -0.05) is 18.2 Å². The number of fused-ring (bicyclic) bond motifs is 2. The molecule has 3 aliphatic rings. The van der Waals surface area contributed by atoms with Crippen molar-refractivity contribution in [3.63, 3.8) is 0 Å². The van der Waals surface area contributed by atoms with Crippen LogP contribution in [-0.4, -0.2) is 37.8 Å². The van der Waals surface area contributed by atoms with Crippen molar-refractivity contribution in [2.45, 2.75) is 44.9 Å². The van der Waals surface area contributed by atoms with Crippen molar-refractivity contribution in [2.75, 3.05) is 6.61 Å². The fourth-order valence-corrected chi connectivity index (χ4v) is 6.26. The van der Waals surface area contributed by atoms with Gasteiger partial charge in [-0.2, -0.15) is 0 Å². The summed E-state index contributed by atoms with van der Waals surface area (Å²) in [4.78, 5) is 20.7. The highest BCUT2D eigenvalue weighted by Crippen LogP contribution is 2.49. The lowest BCUT2D eigenvalue weighted by Gasteiger charge is -2.36. The second-order valence-electron chi connectivity index (χ2n) is 11.7. The number of carboxylic acids is 1. The van der Waals surface area contributed by atoms with Crippen LogP contribution in [0.3, 0.4) is 0 Å². The third-order valence-corrected chi connectivity index (χ3v) is 8.54. The zero-order valence-corrected chi connectivity index (χ0v) is 23.8. The molecule has 1 aliphatic carbocycles. The second-order valence-corrected chi connectivity index (χ2v) is 11.7. The molecule has 7 nitrogen and oxygen atoms in total. The van der Waals surface area contributed by atoms with Crippen LogP contribution in [0.4, 0.5) is 13.2 Å². The molecule has 8 rings (SSSR count). The molecule has 0 atom stereocenters. The van der Waals surface area contributed by atoms with Crippen molar-refractivity contribution >= 4 is 17.0 Å². The smallest absolute Gasteiger partial charge is 0.335 e. The van der Waals surface area contributed by atoms with Gasteiger partial charge in [-0.15, -0.1) is 0 Å². The molecule has 1 saturated carbocycles. The zero-order valence-electron chi connectivity index (χ0n) is 23.8. The third-order valence-electron chi connectivity index (χ3n) is 8.54. The molecule has 0 unspecified atom stereocenters. The van der Waals surface area contributed by atoms with E-state index >= 15 is 8.78 Å². The van der Waals surface area contributed by atoms with Crippen LogP contribution >= 0.6 is 0 Å². The first-order chi connectivity index (χ1) is 21.2. The predicted molar refractivity (Wildman–Crippen MR) is 156 cm³/mol. The average molecular weight is 600 g/mol. The summed E-state index contributed by atoms with van der Waals surface area (Å²) in [7, 11) is 0. The summed E-state index contributed by atoms with van der Waals surface area (Å²) < 4.78 is 58.9. The topological polar surface area (TPSA) is 86.5 Å². The number of nitrogens with zero attached hydrogens (tertiary/aromatic N) is 3. The van der Waals surface area contributed by atoms with E-state index in [9.17, 15) is 14.3 Å². The van der Waals surface area contributed by atoms with Crippen molar-refractivity contribution in [1.82, 2.24) is 14.5 Å². The van der Waals surface area contributed by atoms with Gasteiger partial charge in [0.1, 0.15) is 29.9 Å². The molecule has 0 spiro atoms. The summed E-state index contributed by atoms with van der Waals surface area (Å²) in [5, 5.41) is 9.55. The van der Waals surface area contributed by atoms with E-state index in [1.807, 2.05) is 4.57 Å². The summed E-state index contributed by atoms with van der Waals surface area (Å²) in [6.45, 7) is 2.86. The standard InChI is InChI=1S/C34H28F3N3O4/c1-19-5-6-22(25(35)9-19)17-43-32-4-2-3-28(39-32)24-13-26(36)23(10-27(24)37)12-31-38-29-8-7-21(33(41)42)11-30(29)40(31)18-34-14-20(15-34)16-44-34/h2-11,13,20H,12,14-18H2,1H3,(H,41,42). The van der Waals surface area contributed by atoms with Crippen molar-refractivity contribution in [3.05, 3.63) is 112 Å². The number of pyridine rings is 1. The Morgan fingerprint density at radius 2 is 1.82 bits per heavy atom. The minimum atomic E-state index is -1.06. The van der Waals surface area contributed by atoms with E-state index in [1.54, 1.807) is 49.4 Å². The first-order valence-corrected chi connectivity index (χ1v) is 14.4. The van der Waals surface area contributed by atoms with E-state index in [4.69, 9.17) is 9.47 Å². The molecule has 10 heteroatoms. The molecule has 4 heterocycles. The fourth-order valence-electron chi connectivity index (χ4n) is 6.26. The maximum Gasteiger partial charge on any atom is 0.335 e. The number of ether oxygens (including phenoxy) is 2. The van der Waals surface area contributed by atoms with E-state index in [-0.39, 0.29) is 46.9 Å². The number of aromatic nitrogens is 3. The molecule has 2 bridgehead atoms. The van der Waals surface area contributed by atoms with E-state index in [0.717, 1.165) is 30.5 Å². The van der Waals surface area contributed by atoms with E-state index in [0.29, 0.717) is 41.5 Å². The molecule has 2 aliphatic heterocycles. The van der Waals surface area contributed by atoms with Gasteiger partial charge in [0.25, 0.3) is 0 Å². The fraction of sp³-hybridized carbons (Fsp3) is 0.265. The number of aromatic carboxylic acids is 1. The number of rotatable bonds is 9. The van der Waals surface area contributed by atoms with Crippen LogP contribution in [0, 0.1) is 30.3 Å². The Morgan fingerprint density at radius 1 is 1.00 bits per heavy atom. The van der Waals surface area contributed by atoms with Gasteiger partial charge in [-0.25, -0.2) is 27.9 Å². The lowest BCUT2D eigenvalue weighted by atomic mass is 9.74. The highest BCUT2D eigenvalue weighted by atomic mass is 19.1. The number of halogens is 3. The molecular formula is C34H28F3N3O4. The SMILES string of the molecule is Cc1ccc(COc2cccc(-c3cc(F)c(Cc4nc5ccc(C(=O)O)cc5n4CC45CC(CO4)C5)cc3F)n2)c(F)c1. The first kappa shape index (κ1) is 28.1. The maximum atomic E-state index is 15.6. The van der Waals surface area contributed by atoms with Gasteiger partial charge >= 0.3 is 5.97 Å². The van der Waals surface area contributed by atoms with Gasteiger partial charge < -0.3 is 19.1 Å². The first-order valence-electron chi connectivity index (χ1n) is 14.4. The molecule has 2 saturated heterocycles. The van der Waals surface area contributed by atoms with Crippen LogP contribution in [-0.2, 0) is 24.3 Å². The molecule has 5 aromatic rings. The number of aryl methyl sites for hydroxylation is 1. The van der Waals surface area contributed by atoms with Gasteiger partial charge in [0.2, 0.25) is 5.88 Å². The molecule has 0 radical (unpaired) electrons. The molecule has 3 aromatic carbocycles. The van der Waals surface area contributed by atoms with Crippen molar-refractivity contribution in [3.8, 4) is 17.1 Å². The normalized spacial score (nSPS) is 18.9. The molecule has 44 heavy (non-hydrogen) atoms. The summed E-state index contributed by atoms with van der Waals surface area (Å²) in [6, 6.07) is 16.4. The van der Waals surface area contributed by atoms with Gasteiger partial charge in [0.05, 0.1) is 41.0 Å². The highest BCUT2D eigenvalue weighted by Gasteiger charge is 2.52. The molecule has 224 valence electrons. The summed E-state index contributed by atoms with van der Waals surface area (Å²) >= 11 is 0. The monoisotopic (exact) mass is 599 g/mol. The number of carboxylic acid groups (broad SMARTS) is 1. The number of imidazole rings is 1. The van der Waals surface area contributed by atoms with Crippen LogP contribution in [0.1, 0.15) is 45.7 Å². The lowest BCUT2D eigenvalue weighted by Crippen LogP contribution is -2.41. The Labute approximate surface area is 250 Å². The van der Waals surface area contributed by atoms with Crippen molar-refractivity contribution in [2.24, 2.45) is 5.92 Å². The summed E-state index contributed by atoms with van der Waals surface area (Å²) in [5.74, 6) is -1.62. The van der Waals surface area contributed by atoms with Crippen LogP contribution in [0.5, 0.6) is 5.88 Å². The van der Waals surface area contributed by atoms with E-state index in [1.165, 1.54) is 12.1 Å². The third kappa shape index (κ3) is 5.19. The second kappa shape index (κ2) is 10.8. The molecule has 2 aromatic heterocycles. The Balaban J connectivity index is 1.17.